The van der Waals surface area contributed by atoms with Crippen molar-refractivity contribution < 1.29 is 40.7 Å². The highest BCUT2D eigenvalue weighted by molar-refractivity contribution is 6.33. The summed E-state index contributed by atoms with van der Waals surface area (Å²) in [5.74, 6) is -20.4. The van der Waals surface area contributed by atoms with E-state index in [1.165, 1.54) is 20.8 Å². The maximum Gasteiger partial charge on any atom is 0.421 e. The van der Waals surface area contributed by atoms with Gasteiger partial charge in [-0.1, -0.05) is 23.2 Å². The lowest BCUT2D eigenvalue weighted by Gasteiger charge is -2.33. The predicted molar refractivity (Wildman–Crippen MR) is 88.5 cm³/mol. The SMILES string of the molecule is CC(C)(C)OC(=O)N(C(=O)C(F)(F)C(F)(F)C(C)(F)F)c1cc(Cl)nc(Cl)c1. The maximum atomic E-state index is 14.1. The molecule has 0 radical (unpaired) electrons. The molecule has 158 valence electrons. The molecule has 0 saturated heterocycles. The molecule has 1 rings (SSSR count). The highest BCUT2D eigenvalue weighted by atomic mass is 35.5. The van der Waals surface area contributed by atoms with E-state index in [0.717, 1.165) is 0 Å². The minimum absolute atomic E-state index is 0.494. The Labute approximate surface area is 165 Å². The van der Waals surface area contributed by atoms with E-state index in [-0.39, 0.29) is 0 Å². The zero-order chi connectivity index (χ0) is 22.3. The monoisotopic (exact) mass is 454 g/mol. The molecule has 0 aliphatic carbocycles. The van der Waals surface area contributed by atoms with Gasteiger partial charge in [0, 0.05) is 6.92 Å². The van der Waals surface area contributed by atoms with Crippen molar-refractivity contribution in [2.45, 2.75) is 51.1 Å². The van der Waals surface area contributed by atoms with Crippen LogP contribution in [0.3, 0.4) is 0 Å². The van der Waals surface area contributed by atoms with Crippen LogP contribution < -0.4 is 4.90 Å². The van der Waals surface area contributed by atoms with Crippen LogP contribution >= 0.6 is 23.2 Å². The molecular weight excluding hydrogens is 441 g/mol. The molecule has 0 spiro atoms. The summed E-state index contributed by atoms with van der Waals surface area (Å²) in [5.41, 5.74) is -2.19. The molecule has 1 aromatic heterocycles. The number of amides is 2. The average Bonchev–Trinajstić information content (AvgIpc) is 2.42. The van der Waals surface area contributed by atoms with Crippen molar-refractivity contribution in [2.24, 2.45) is 0 Å². The molecule has 5 nitrogen and oxygen atoms in total. The van der Waals surface area contributed by atoms with Gasteiger partial charge in [0.1, 0.15) is 15.9 Å². The molecule has 0 saturated carbocycles. The van der Waals surface area contributed by atoms with Crippen molar-refractivity contribution in [2.75, 3.05) is 4.90 Å². The Morgan fingerprint density at radius 3 is 1.75 bits per heavy atom. The molecule has 0 aromatic carbocycles. The van der Waals surface area contributed by atoms with Crippen molar-refractivity contribution in [1.29, 1.82) is 0 Å². The van der Waals surface area contributed by atoms with Gasteiger partial charge in [-0.15, -0.1) is 0 Å². The minimum Gasteiger partial charge on any atom is -0.443 e. The number of rotatable bonds is 4. The standard InChI is InChI=1S/C15H14Cl2F6N2O3/c1-12(2,3)28-11(27)25(7-5-8(16)24-9(17)6-7)10(26)14(20,21)15(22,23)13(4,18)19/h5-6H,1-4H3. The number of hydrogen-bond acceptors (Lipinski definition) is 4. The molecule has 0 aliphatic rings. The molecule has 1 heterocycles. The van der Waals surface area contributed by atoms with E-state index >= 15 is 0 Å². The number of alkyl halides is 6. The van der Waals surface area contributed by atoms with Crippen LogP contribution in [0.1, 0.15) is 27.7 Å². The first kappa shape index (κ1) is 24.3. The fourth-order valence-corrected chi connectivity index (χ4v) is 2.19. The molecule has 0 N–H and O–H groups in total. The Balaban J connectivity index is 3.59. The van der Waals surface area contributed by atoms with Crippen molar-refractivity contribution in [1.82, 2.24) is 4.98 Å². The van der Waals surface area contributed by atoms with Gasteiger partial charge in [-0.3, -0.25) is 4.79 Å². The van der Waals surface area contributed by atoms with Gasteiger partial charge in [-0.05, 0) is 32.9 Å². The number of nitrogens with zero attached hydrogens (tertiary/aromatic N) is 2. The highest BCUT2D eigenvalue weighted by Gasteiger charge is 2.74. The Morgan fingerprint density at radius 1 is 0.964 bits per heavy atom. The van der Waals surface area contributed by atoms with Crippen LogP contribution in [0, 0.1) is 0 Å². The number of imide groups is 1. The van der Waals surface area contributed by atoms with Gasteiger partial charge in [0.05, 0.1) is 5.69 Å². The van der Waals surface area contributed by atoms with Crippen LogP contribution in [0.2, 0.25) is 10.3 Å². The van der Waals surface area contributed by atoms with Crippen LogP contribution in [-0.4, -0.2) is 40.4 Å². The van der Waals surface area contributed by atoms with E-state index in [4.69, 9.17) is 27.9 Å². The highest BCUT2D eigenvalue weighted by Crippen LogP contribution is 2.47. The maximum absolute atomic E-state index is 14.1. The van der Waals surface area contributed by atoms with E-state index in [9.17, 15) is 35.9 Å². The number of anilines is 1. The predicted octanol–water partition coefficient (Wildman–Crippen LogP) is 5.58. The first-order chi connectivity index (χ1) is 12.3. The zero-order valence-corrected chi connectivity index (χ0v) is 16.3. The lowest BCUT2D eigenvalue weighted by atomic mass is 10.0. The smallest absolute Gasteiger partial charge is 0.421 e. The number of ether oxygens (including phenoxy) is 1. The summed E-state index contributed by atoms with van der Waals surface area (Å²) in [4.78, 5) is 27.3. The Hall–Kier alpha value is -1.75. The molecule has 28 heavy (non-hydrogen) atoms. The first-order valence-electron chi connectivity index (χ1n) is 7.35. The molecule has 1 aromatic rings. The van der Waals surface area contributed by atoms with E-state index in [2.05, 4.69) is 4.98 Å². The van der Waals surface area contributed by atoms with E-state index in [1.807, 2.05) is 0 Å². The molecule has 0 bridgehead atoms. The Morgan fingerprint density at radius 2 is 1.39 bits per heavy atom. The molecule has 0 unspecified atom stereocenters. The molecule has 0 atom stereocenters. The van der Waals surface area contributed by atoms with E-state index in [0.29, 0.717) is 12.1 Å². The van der Waals surface area contributed by atoms with Gasteiger partial charge in [0.25, 0.3) is 0 Å². The van der Waals surface area contributed by atoms with Crippen LogP contribution in [-0.2, 0) is 9.53 Å². The van der Waals surface area contributed by atoms with E-state index < -0.39 is 63.2 Å². The fourth-order valence-electron chi connectivity index (χ4n) is 1.74. The van der Waals surface area contributed by atoms with Gasteiger partial charge >= 0.3 is 29.8 Å². The zero-order valence-electron chi connectivity index (χ0n) is 14.8. The van der Waals surface area contributed by atoms with Crippen LogP contribution in [0.5, 0.6) is 0 Å². The van der Waals surface area contributed by atoms with Crippen LogP contribution in [0.15, 0.2) is 12.1 Å². The summed E-state index contributed by atoms with van der Waals surface area (Å²) in [6.07, 6.45) is -1.84. The number of pyridine rings is 1. The topological polar surface area (TPSA) is 59.5 Å². The normalized spacial score (nSPS) is 13.3. The fraction of sp³-hybridized carbons (Fsp3) is 0.533. The van der Waals surface area contributed by atoms with Gasteiger partial charge in [-0.2, -0.15) is 26.3 Å². The second-order valence-electron chi connectivity index (χ2n) is 6.63. The van der Waals surface area contributed by atoms with Crippen LogP contribution in [0.25, 0.3) is 0 Å². The Bertz CT molecular complexity index is 758. The van der Waals surface area contributed by atoms with Crippen molar-refractivity contribution in [3.05, 3.63) is 22.4 Å². The molecular formula is C15H14Cl2F6N2O3. The quantitative estimate of drug-likeness (QED) is 0.439. The second kappa shape index (κ2) is 7.58. The summed E-state index contributed by atoms with van der Waals surface area (Å²) < 4.78 is 86.3. The van der Waals surface area contributed by atoms with Crippen molar-refractivity contribution in [3.63, 3.8) is 0 Å². The van der Waals surface area contributed by atoms with Crippen LogP contribution in [0.4, 0.5) is 36.8 Å². The van der Waals surface area contributed by atoms with Crippen molar-refractivity contribution in [3.8, 4) is 0 Å². The summed E-state index contributed by atoms with van der Waals surface area (Å²) in [5, 5.41) is -1.00. The molecule has 2 amide bonds. The first-order valence-corrected chi connectivity index (χ1v) is 8.11. The van der Waals surface area contributed by atoms with Gasteiger partial charge < -0.3 is 4.74 Å². The van der Waals surface area contributed by atoms with Gasteiger partial charge in [-0.25, -0.2) is 14.7 Å². The third kappa shape index (κ3) is 4.99. The molecule has 0 aliphatic heterocycles. The average molecular weight is 455 g/mol. The summed E-state index contributed by atoms with van der Waals surface area (Å²) in [7, 11) is 0. The number of hydrogen-bond donors (Lipinski definition) is 0. The largest absolute Gasteiger partial charge is 0.443 e. The summed E-state index contributed by atoms with van der Waals surface area (Å²) >= 11 is 11.1. The Kier molecular flexibility index (Phi) is 6.58. The number of aromatic nitrogens is 1. The number of halogens is 8. The third-order valence-electron chi connectivity index (χ3n) is 3.00. The van der Waals surface area contributed by atoms with Crippen molar-refractivity contribution >= 4 is 40.9 Å². The minimum atomic E-state index is -6.13. The molecule has 13 heteroatoms. The van der Waals surface area contributed by atoms with Gasteiger partial charge in [0.15, 0.2) is 0 Å². The number of carbonyl (C=O) groups is 2. The summed E-state index contributed by atoms with van der Waals surface area (Å²) in [6, 6.07) is 1.32. The summed E-state index contributed by atoms with van der Waals surface area (Å²) in [6.45, 7) is 3.36. The lowest BCUT2D eigenvalue weighted by Crippen LogP contribution is -2.62. The number of carbonyl (C=O) groups excluding carboxylic acids is 2. The molecule has 0 fully saturated rings. The van der Waals surface area contributed by atoms with Gasteiger partial charge in [0.2, 0.25) is 0 Å². The van der Waals surface area contributed by atoms with E-state index in [1.54, 1.807) is 0 Å². The second-order valence-corrected chi connectivity index (χ2v) is 7.40. The third-order valence-corrected chi connectivity index (χ3v) is 3.39. The lowest BCUT2D eigenvalue weighted by molar-refractivity contribution is -0.290.